The Labute approximate surface area is 63.2 Å². The Bertz CT molecular complexity index is 194. The highest BCUT2D eigenvalue weighted by Gasteiger charge is 2.32. The summed E-state index contributed by atoms with van der Waals surface area (Å²) in [5.41, 5.74) is -0.692. The topological polar surface area (TPSA) is 98.0 Å². The van der Waals surface area contributed by atoms with Crippen molar-refractivity contribution < 1.29 is 25.2 Å². The van der Waals surface area contributed by atoms with Crippen LogP contribution < -0.4 is 0 Å². The Morgan fingerprint density at radius 3 is 1.55 bits per heavy atom. The van der Waals surface area contributed by atoms with Crippen LogP contribution in [0.15, 0.2) is 11.1 Å². The van der Waals surface area contributed by atoms with E-state index in [4.69, 9.17) is 20.4 Å². The number of allylic oxidation sites excluding steroid dienone is 1. The van der Waals surface area contributed by atoms with E-state index in [0.29, 0.717) is 0 Å². The van der Waals surface area contributed by atoms with E-state index in [-0.39, 0.29) is 5.57 Å². The van der Waals surface area contributed by atoms with Crippen LogP contribution in [0.5, 0.6) is 0 Å². The van der Waals surface area contributed by atoms with E-state index >= 15 is 0 Å². The molecule has 5 nitrogen and oxygen atoms in total. The Balaban J connectivity index is 4.96. The molecule has 0 heterocycles. The van der Waals surface area contributed by atoms with Crippen molar-refractivity contribution in [2.75, 3.05) is 0 Å². The van der Waals surface area contributed by atoms with E-state index in [1.807, 2.05) is 0 Å². The number of hydrogen-bond donors (Lipinski definition) is 4. The second-order valence-corrected chi connectivity index (χ2v) is 2.32. The SMILES string of the molecule is CC(C)=C(C(=O)O)C(O)(O)O. The highest BCUT2D eigenvalue weighted by atomic mass is 16.7. The molecule has 11 heavy (non-hydrogen) atoms. The zero-order valence-corrected chi connectivity index (χ0v) is 6.20. The van der Waals surface area contributed by atoms with Crippen molar-refractivity contribution in [2.45, 2.75) is 19.8 Å². The van der Waals surface area contributed by atoms with Crippen molar-refractivity contribution in [3.63, 3.8) is 0 Å². The molecule has 0 aromatic rings. The lowest BCUT2D eigenvalue weighted by atomic mass is 10.1. The predicted molar refractivity (Wildman–Crippen MR) is 35.4 cm³/mol. The molecular formula is C6H10O5. The molecule has 0 amide bonds. The maximum Gasteiger partial charge on any atom is 0.339 e. The van der Waals surface area contributed by atoms with Gasteiger partial charge in [0.25, 0.3) is 0 Å². The molecule has 0 radical (unpaired) electrons. The third kappa shape index (κ3) is 2.67. The number of carbonyl (C=O) groups is 1. The lowest BCUT2D eigenvalue weighted by Gasteiger charge is -2.15. The first kappa shape index (κ1) is 10.1. The van der Waals surface area contributed by atoms with Gasteiger partial charge in [0, 0.05) is 0 Å². The zero-order chi connectivity index (χ0) is 9.23. The van der Waals surface area contributed by atoms with E-state index in [1.54, 1.807) is 0 Å². The zero-order valence-electron chi connectivity index (χ0n) is 6.20. The third-order valence-corrected chi connectivity index (χ3v) is 1.05. The van der Waals surface area contributed by atoms with Crippen LogP contribution in [0.25, 0.3) is 0 Å². The largest absolute Gasteiger partial charge is 0.478 e. The Morgan fingerprint density at radius 1 is 1.18 bits per heavy atom. The quantitative estimate of drug-likeness (QED) is 0.309. The molecule has 0 aromatic heterocycles. The molecule has 0 bridgehead atoms. The van der Waals surface area contributed by atoms with Gasteiger partial charge in [-0.3, -0.25) is 0 Å². The number of aliphatic hydroxyl groups is 3. The molecule has 0 spiro atoms. The van der Waals surface area contributed by atoms with Gasteiger partial charge in [-0.1, -0.05) is 5.57 Å². The van der Waals surface area contributed by atoms with Crippen LogP contribution in [0.2, 0.25) is 0 Å². The summed E-state index contributed by atoms with van der Waals surface area (Å²) in [6.45, 7) is 2.70. The Morgan fingerprint density at radius 2 is 1.55 bits per heavy atom. The summed E-state index contributed by atoms with van der Waals surface area (Å²) in [7, 11) is 0. The smallest absolute Gasteiger partial charge is 0.339 e. The van der Waals surface area contributed by atoms with Gasteiger partial charge in [0.2, 0.25) is 0 Å². The van der Waals surface area contributed by atoms with Crippen molar-refractivity contribution >= 4 is 5.97 Å². The molecule has 0 aliphatic carbocycles. The van der Waals surface area contributed by atoms with E-state index in [1.165, 1.54) is 13.8 Å². The second-order valence-electron chi connectivity index (χ2n) is 2.32. The van der Waals surface area contributed by atoms with Crippen LogP contribution >= 0.6 is 0 Å². The minimum absolute atomic E-state index is 0.130. The summed E-state index contributed by atoms with van der Waals surface area (Å²) in [6, 6.07) is 0. The minimum atomic E-state index is -3.26. The summed E-state index contributed by atoms with van der Waals surface area (Å²) in [6.07, 6.45) is 0. The van der Waals surface area contributed by atoms with Crippen molar-refractivity contribution in [3.05, 3.63) is 11.1 Å². The number of rotatable bonds is 2. The number of carboxylic acid groups (broad SMARTS) is 1. The summed E-state index contributed by atoms with van der Waals surface area (Å²) >= 11 is 0. The molecule has 0 rings (SSSR count). The molecule has 64 valence electrons. The standard InChI is InChI=1S/C6H10O5/c1-3(2)4(5(7)8)6(9,10)11/h9-11H,1-2H3,(H,7,8). The van der Waals surface area contributed by atoms with Gasteiger partial charge in [0.1, 0.15) is 5.57 Å². The highest BCUT2D eigenvalue weighted by molar-refractivity contribution is 5.88. The van der Waals surface area contributed by atoms with Gasteiger partial charge in [-0.15, -0.1) is 0 Å². The monoisotopic (exact) mass is 162 g/mol. The van der Waals surface area contributed by atoms with Crippen molar-refractivity contribution in [3.8, 4) is 0 Å². The third-order valence-electron chi connectivity index (χ3n) is 1.05. The van der Waals surface area contributed by atoms with Gasteiger partial charge in [0.15, 0.2) is 0 Å². The Hall–Kier alpha value is -0.910. The summed E-state index contributed by atoms with van der Waals surface area (Å²) in [4.78, 5) is 10.2. The van der Waals surface area contributed by atoms with Crippen molar-refractivity contribution in [1.82, 2.24) is 0 Å². The van der Waals surface area contributed by atoms with Crippen LogP contribution in [0.3, 0.4) is 0 Å². The van der Waals surface area contributed by atoms with Gasteiger partial charge in [0.05, 0.1) is 0 Å². The molecule has 0 aromatic carbocycles. The van der Waals surface area contributed by atoms with E-state index in [9.17, 15) is 4.79 Å². The highest BCUT2D eigenvalue weighted by Crippen LogP contribution is 2.14. The lowest BCUT2D eigenvalue weighted by molar-refractivity contribution is -0.282. The molecule has 0 unspecified atom stereocenters. The molecule has 0 aliphatic rings. The van der Waals surface area contributed by atoms with Gasteiger partial charge < -0.3 is 20.4 Å². The maximum absolute atomic E-state index is 10.2. The maximum atomic E-state index is 10.2. The fourth-order valence-corrected chi connectivity index (χ4v) is 0.693. The van der Waals surface area contributed by atoms with Crippen LogP contribution in [0.4, 0.5) is 0 Å². The lowest BCUT2D eigenvalue weighted by Crippen LogP contribution is -2.34. The fraction of sp³-hybridized carbons (Fsp3) is 0.500. The molecule has 0 atom stereocenters. The first-order chi connectivity index (χ1) is 4.76. The van der Waals surface area contributed by atoms with Gasteiger partial charge in [-0.05, 0) is 13.8 Å². The molecular weight excluding hydrogens is 152 g/mol. The average Bonchev–Trinajstić information content (AvgIpc) is 1.54. The van der Waals surface area contributed by atoms with Gasteiger partial charge in [-0.2, -0.15) is 0 Å². The van der Waals surface area contributed by atoms with E-state index in [0.717, 1.165) is 0 Å². The fourth-order valence-electron chi connectivity index (χ4n) is 0.693. The van der Waals surface area contributed by atoms with Crippen molar-refractivity contribution in [1.29, 1.82) is 0 Å². The Kier molecular flexibility index (Phi) is 2.75. The molecule has 4 N–H and O–H groups in total. The van der Waals surface area contributed by atoms with Crippen LogP contribution in [0, 0.1) is 0 Å². The average molecular weight is 162 g/mol. The van der Waals surface area contributed by atoms with Crippen LogP contribution in [-0.2, 0) is 4.79 Å². The predicted octanol–water partition coefficient (Wildman–Crippen LogP) is -0.962. The van der Waals surface area contributed by atoms with Crippen molar-refractivity contribution in [2.24, 2.45) is 0 Å². The second kappa shape index (κ2) is 3.00. The first-order valence-electron chi connectivity index (χ1n) is 2.85. The first-order valence-corrected chi connectivity index (χ1v) is 2.85. The number of aliphatic carboxylic acids is 1. The van der Waals surface area contributed by atoms with Crippen LogP contribution in [0.1, 0.15) is 13.8 Å². The summed E-state index contributed by atoms with van der Waals surface area (Å²) < 4.78 is 0. The number of carboxylic acids is 1. The molecule has 0 saturated heterocycles. The molecule has 0 aliphatic heterocycles. The minimum Gasteiger partial charge on any atom is -0.478 e. The van der Waals surface area contributed by atoms with E-state index in [2.05, 4.69) is 0 Å². The normalized spacial score (nSPS) is 11.0. The van der Waals surface area contributed by atoms with Crippen LogP contribution in [-0.4, -0.2) is 32.4 Å². The molecule has 5 heteroatoms. The summed E-state index contributed by atoms with van der Waals surface area (Å²) in [5.74, 6) is -4.82. The van der Waals surface area contributed by atoms with Gasteiger partial charge >= 0.3 is 11.9 Å². The summed E-state index contributed by atoms with van der Waals surface area (Å²) in [5, 5.41) is 33.8. The molecule has 0 fully saturated rings. The number of hydrogen-bond acceptors (Lipinski definition) is 4. The van der Waals surface area contributed by atoms with Gasteiger partial charge in [-0.25, -0.2) is 4.79 Å². The molecule has 0 saturated carbocycles. The van der Waals surface area contributed by atoms with E-state index < -0.39 is 17.5 Å².